The minimum absolute atomic E-state index is 0.584. The van der Waals surface area contributed by atoms with Crippen LogP contribution in [0.2, 0.25) is 0 Å². The summed E-state index contributed by atoms with van der Waals surface area (Å²) in [6.07, 6.45) is 1.17. The molecule has 1 aromatic carbocycles. The first-order valence-electron chi connectivity index (χ1n) is 3.55. The van der Waals surface area contributed by atoms with Crippen molar-refractivity contribution in [2.45, 2.75) is 18.2 Å². The SMILES string of the molecule is CCC([Se])c1ccccc1. The summed E-state index contributed by atoms with van der Waals surface area (Å²) in [6, 6.07) is 10.5. The number of rotatable bonds is 2. The van der Waals surface area contributed by atoms with Crippen molar-refractivity contribution in [3.8, 4) is 0 Å². The van der Waals surface area contributed by atoms with Gasteiger partial charge < -0.3 is 0 Å². The molecule has 0 fully saturated rings. The fraction of sp³-hybridized carbons (Fsp3) is 0.333. The third-order valence-corrected chi connectivity index (χ3v) is 2.81. The van der Waals surface area contributed by atoms with E-state index in [0.29, 0.717) is 4.82 Å². The molecule has 1 rings (SSSR count). The minimum atomic E-state index is 0.584. The predicted octanol–water partition coefficient (Wildman–Crippen LogP) is 2.31. The zero-order valence-electron chi connectivity index (χ0n) is 6.08. The van der Waals surface area contributed by atoms with E-state index in [1.165, 1.54) is 12.0 Å². The third-order valence-electron chi connectivity index (χ3n) is 1.54. The van der Waals surface area contributed by atoms with Gasteiger partial charge >= 0.3 is 70.1 Å². The molecule has 0 N–H and O–H groups in total. The summed E-state index contributed by atoms with van der Waals surface area (Å²) < 4.78 is 0. The molecule has 0 bridgehead atoms. The molecular formula is C9H11Se. The van der Waals surface area contributed by atoms with Crippen LogP contribution in [0.1, 0.15) is 23.7 Å². The van der Waals surface area contributed by atoms with E-state index in [1.807, 2.05) is 6.07 Å². The van der Waals surface area contributed by atoms with Crippen molar-refractivity contribution in [3.05, 3.63) is 35.9 Å². The zero-order chi connectivity index (χ0) is 7.40. The quantitative estimate of drug-likeness (QED) is 0.639. The van der Waals surface area contributed by atoms with Gasteiger partial charge in [-0.1, -0.05) is 0 Å². The maximum atomic E-state index is 3.14. The summed E-state index contributed by atoms with van der Waals surface area (Å²) in [7, 11) is 0. The van der Waals surface area contributed by atoms with Gasteiger partial charge in [-0.05, 0) is 0 Å². The van der Waals surface area contributed by atoms with Crippen molar-refractivity contribution in [2.24, 2.45) is 0 Å². The molecule has 1 aromatic rings. The molecule has 0 heterocycles. The van der Waals surface area contributed by atoms with Gasteiger partial charge in [-0.25, -0.2) is 0 Å². The van der Waals surface area contributed by atoms with Crippen molar-refractivity contribution >= 4 is 16.0 Å². The second-order valence-corrected chi connectivity index (χ2v) is 3.50. The standard InChI is InChI=1S/C9H11Se/c1-2-9(10)8-6-4-3-5-7-8/h3-7,9H,2H2,1H3. The molecule has 0 saturated carbocycles. The van der Waals surface area contributed by atoms with Gasteiger partial charge in [-0.2, -0.15) is 0 Å². The molecule has 0 amide bonds. The fourth-order valence-corrected chi connectivity index (χ4v) is 1.23. The molecular weight excluding hydrogens is 187 g/mol. The molecule has 0 spiro atoms. The van der Waals surface area contributed by atoms with Gasteiger partial charge in [0, 0.05) is 0 Å². The summed E-state index contributed by atoms with van der Waals surface area (Å²) in [6.45, 7) is 2.19. The summed E-state index contributed by atoms with van der Waals surface area (Å²) in [5.74, 6) is 0. The van der Waals surface area contributed by atoms with Crippen LogP contribution in [0.15, 0.2) is 30.3 Å². The third kappa shape index (κ3) is 1.86. The maximum absolute atomic E-state index is 3.14. The van der Waals surface area contributed by atoms with Gasteiger partial charge in [0.1, 0.15) is 0 Å². The fourth-order valence-electron chi connectivity index (χ4n) is 0.903. The Kier molecular flexibility index (Phi) is 2.98. The zero-order valence-corrected chi connectivity index (χ0v) is 7.79. The first-order chi connectivity index (χ1) is 4.84. The topological polar surface area (TPSA) is 0 Å². The van der Waals surface area contributed by atoms with Crippen LogP contribution in [0.3, 0.4) is 0 Å². The molecule has 1 atom stereocenters. The normalized spacial score (nSPS) is 13.0. The van der Waals surface area contributed by atoms with E-state index in [2.05, 4.69) is 47.2 Å². The Morgan fingerprint density at radius 2 is 1.90 bits per heavy atom. The number of hydrogen-bond donors (Lipinski definition) is 0. The first-order valence-corrected chi connectivity index (χ1v) is 4.54. The van der Waals surface area contributed by atoms with Gasteiger partial charge in [0.05, 0.1) is 0 Å². The summed E-state index contributed by atoms with van der Waals surface area (Å²) in [5.41, 5.74) is 1.39. The summed E-state index contributed by atoms with van der Waals surface area (Å²) >= 11 is 3.14. The van der Waals surface area contributed by atoms with E-state index in [0.717, 1.165) is 0 Å². The van der Waals surface area contributed by atoms with Crippen molar-refractivity contribution in [3.63, 3.8) is 0 Å². The van der Waals surface area contributed by atoms with Crippen LogP contribution < -0.4 is 0 Å². The number of hydrogen-bond acceptors (Lipinski definition) is 0. The van der Waals surface area contributed by atoms with Gasteiger partial charge in [-0.3, -0.25) is 0 Å². The second kappa shape index (κ2) is 3.80. The van der Waals surface area contributed by atoms with Crippen molar-refractivity contribution in [1.82, 2.24) is 0 Å². The van der Waals surface area contributed by atoms with Crippen LogP contribution in [0.5, 0.6) is 0 Å². The molecule has 0 aliphatic heterocycles. The molecule has 0 aliphatic rings. The van der Waals surface area contributed by atoms with E-state index in [9.17, 15) is 0 Å². The molecule has 10 heavy (non-hydrogen) atoms. The second-order valence-electron chi connectivity index (χ2n) is 2.31. The monoisotopic (exact) mass is 199 g/mol. The van der Waals surface area contributed by atoms with Crippen LogP contribution in [-0.2, 0) is 0 Å². The van der Waals surface area contributed by atoms with E-state index >= 15 is 0 Å². The van der Waals surface area contributed by atoms with Crippen LogP contribution in [0.25, 0.3) is 0 Å². The number of benzene rings is 1. The molecule has 1 heteroatoms. The van der Waals surface area contributed by atoms with Crippen molar-refractivity contribution < 1.29 is 0 Å². The van der Waals surface area contributed by atoms with Crippen LogP contribution in [0.4, 0.5) is 0 Å². The summed E-state index contributed by atoms with van der Waals surface area (Å²) in [5, 5.41) is 0. The van der Waals surface area contributed by atoms with Gasteiger partial charge in [0.2, 0.25) is 0 Å². The Morgan fingerprint density at radius 3 is 2.40 bits per heavy atom. The van der Waals surface area contributed by atoms with E-state index in [1.54, 1.807) is 0 Å². The van der Waals surface area contributed by atoms with Crippen molar-refractivity contribution in [1.29, 1.82) is 0 Å². The van der Waals surface area contributed by atoms with E-state index < -0.39 is 0 Å². The average Bonchev–Trinajstić information content (AvgIpc) is 2.05. The van der Waals surface area contributed by atoms with Gasteiger partial charge in [0.25, 0.3) is 0 Å². The molecule has 53 valence electrons. The Labute approximate surface area is 70.5 Å². The average molecular weight is 198 g/mol. The predicted molar refractivity (Wildman–Crippen MR) is 45.2 cm³/mol. The molecule has 0 aromatic heterocycles. The van der Waals surface area contributed by atoms with Crippen LogP contribution in [-0.4, -0.2) is 16.0 Å². The Balaban J connectivity index is 2.75. The van der Waals surface area contributed by atoms with Crippen LogP contribution >= 0.6 is 0 Å². The van der Waals surface area contributed by atoms with Crippen molar-refractivity contribution in [2.75, 3.05) is 0 Å². The Hall–Kier alpha value is -0.261. The van der Waals surface area contributed by atoms with Crippen LogP contribution in [0, 0.1) is 0 Å². The van der Waals surface area contributed by atoms with E-state index in [-0.39, 0.29) is 0 Å². The molecule has 1 radical (unpaired) electrons. The molecule has 0 saturated heterocycles. The first kappa shape index (κ1) is 7.84. The Morgan fingerprint density at radius 1 is 1.30 bits per heavy atom. The Bertz CT molecular complexity index is 181. The molecule has 1 unspecified atom stereocenters. The molecule has 0 nitrogen and oxygen atoms in total. The summed E-state index contributed by atoms with van der Waals surface area (Å²) in [4.78, 5) is 0.584. The molecule has 0 aliphatic carbocycles. The van der Waals surface area contributed by atoms with Gasteiger partial charge in [-0.15, -0.1) is 0 Å². The van der Waals surface area contributed by atoms with E-state index in [4.69, 9.17) is 0 Å². The van der Waals surface area contributed by atoms with Gasteiger partial charge in [0.15, 0.2) is 0 Å².